The summed E-state index contributed by atoms with van der Waals surface area (Å²) in [4.78, 5) is 4.21. The number of aliphatic hydroxyl groups is 1. The van der Waals surface area contributed by atoms with E-state index in [4.69, 9.17) is 5.73 Å². The molecule has 102 valence electrons. The molecule has 1 rings (SSSR count). The topological polar surface area (TPSA) is 70.6 Å². The van der Waals surface area contributed by atoms with Crippen molar-refractivity contribution in [1.29, 1.82) is 0 Å². The van der Waals surface area contributed by atoms with Gasteiger partial charge in [0, 0.05) is 6.54 Å². The van der Waals surface area contributed by atoms with Gasteiger partial charge in [0.15, 0.2) is 5.96 Å². The van der Waals surface area contributed by atoms with Crippen molar-refractivity contribution in [2.24, 2.45) is 16.6 Å². The number of hydrogen-bond acceptors (Lipinski definition) is 2. The first-order valence-corrected chi connectivity index (χ1v) is 6.28. The predicted molar refractivity (Wildman–Crippen MR) is 82.8 cm³/mol. The van der Waals surface area contributed by atoms with Crippen LogP contribution in [0.2, 0.25) is 0 Å². The predicted octanol–water partition coefficient (Wildman–Crippen LogP) is 1.86. The summed E-state index contributed by atoms with van der Waals surface area (Å²) in [5.41, 5.74) is 5.13. The normalized spacial score (nSPS) is 19.2. The number of nitrogens with one attached hydrogen (secondary N) is 1. The van der Waals surface area contributed by atoms with Crippen LogP contribution in [0, 0.1) is 5.92 Å². The minimum absolute atomic E-state index is 0. The highest BCUT2D eigenvalue weighted by molar-refractivity contribution is 14.0. The van der Waals surface area contributed by atoms with Crippen molar-refractivity contribution in [3.63, 3.8) is 0 Å². The van der Waals surface area contributed by atoms with Crippen LogP contribution in [0.4, 0.5) is 0 Å². The van der Waals surface area contributed by atoms with E-state index in [1.54, 1.807) is 0 Å². The standard InChI is InChI=1S/C12H25N3O.HI/c1-10(2)5-8-14-11(13)15-9-12(16)6-3-4-7-12;/h10,16H,3-9H2,1-2H3,(H3,13,14,15);1H. The third kappa shape index (κ3) is 7.08. The van der Waals surface area contributed by atoms with Crippen LogP contribution in [-0.4, -0.2) is 29.8 Å². The molecule has 1 fully saturated rings. The van der Waals surface area contributed by atoms with E-state index in [0.717, 1.165) is 38.6 Å². The van der Waals surface area contributed by atoms with Crippen LogP contribution in [0.15, 0.2) is 4.99 Å². The lowest BCUT2D eigenvalue weighted by molar-refractivity contribution is 0.0575. The number of aliphatic imine (C=N–C) groups is 1. The molecule has 0 radical (unpaired) electrons. The molecule has 1 saturated carbocycles. The molecule has 17 heavy (non-hydrogen) atoms. The molecule has 0 atom stereocenters. The van der Waals surface area contributed by atoms with Crippen LogP contribution in [0.1, 0.15) is 46.0 Å². The molecule has 0 saturated heterocycles. The van der Waals surface area contributed by atoms with Gasteiger partial charge in [-0.3, -0.25) is 4.99 Å². The Bertz CT molecular complexity index is 238. The number of guanidine groups is 1. The number of nitrogens with two attached hydrogens (primary N) is 1. The largest absolute Gasteiger partial charge is 0.388 e. The van der Waals surface area contributed by atoms with Gasteiger partial charge in [0.2, 0.25) is 0 Å². The second kappa shape index (κ2) is 8.13. The van der Waals surface area contributed by atoms with Crippen molar-refractivity contribution in [3.8, 4) is 0 Å². The monoisotopic (exact) mass is 355 g/mol. The molecule has 4 N–H and O–H groups in total. The molecule has 0 unspecified atom stereocenters. The molecule has 1 aliphatic carbocycles. The summed E-state index contributed by atoms with van der Waals surface area (Å²) >= 11 is 0. The quantitative estimate of drug-likeness (QED) is 0.401. The fourth-order valence-corrected chi connectivity index (χ4v) is 1.97. The van der Waals surface area contributed by atoms with E-state index in [9.17, 15) is 5.11 Å². The summed E-state index contributed by atoms with van der Waals surface area (Å²) in [6.45, 7) is 5.64. The molecule has 1 aliphatic rings. The van der Waals surface area contributed by atoms with Crippen molar-refractivity contribution >= 4 is 29.9 Å². The Morgan fingerprint density at radius 2 is 2.00 bits per heavy atom. The fraction of sp³-hybridized carbons (Fsp3) is 0.917. The van der Waals surface area contributed by atoms with Gasteiger partial charge in [-0.25, -0.2) is 0 Å². The number of hydrogen-bond donors (Lipinski definition) is 3. The molecular formula is C12H26IN3O. The first-order valence-electron chi connectivity index (χ1n) is 6.28. The van der Waals surface area contributed by atoms with Gasteiger partial charge in [-0.15, -0.1) is 24.0 Å². The zero-order chi connectivity index (χ0) is 12.0. The summed E-state index contributed by atoms with van der Waals surface area (Å²) in [5.74, 6) is 1.13. The molecule has 0 heterocycles. The Hall–Kier alpha value is -0.0400. The van der Waals surface area contributed by atoms with Crippen molar-refractivity contribution in [3.05, 3.63) is 0 Å². The molecule has 0 aromatic heterocycles. The lowest BCUT2D eigenvalue weighted by atomic mass is 10.0. The second-order valence-electron chi connectivity index (χ2n) is 5.24. The molecule has 0 aromatic rings. The van der Waals surface area contributed by atoms with Crippen molar-refractivity contribution in [2.75, 3.05) is 13.1 Å². The molecule has 0 spiro atoms. The minimum Gasteiger partial charge on any atom is -0.388 e. The fourth-order valence-electron chi connectivity index (χ4n) is 1.97. The maximum absolute atomic E-state index is 10.1. The molecule has 0 aliphatic heterocycles. The number of rotatable bonds is 5. The molecule has 0 bridgehead atoms. The summed E-state index contributed by atoms with van der Waals surface area (Å²) in [6, 6.07) is 0. The van der Waals surface area contributed by atoms with E-state index in [1.165, 1.54) is 0 Å². The third-order valence-electron chi connectivity index (χ3n) is 3.11. The zero-order valence-corrected chi connectivity index (χ0v) is 13.2. The molecule has 0 amide bonds. The highest BCUT2D eigenvalue weighted by Gasteiger charge is 2.30. The Morgan fingerprint density at radius 3 is 2.53 bits per heavy atom. The van der Waals surface area contributed by atoms with E-state index < -0.39 is 5.60 Å². The number of nitrogens with zero attached hydrogens (tertiary/aromatic N) is 1. The van der Waals surface area contributed by atoms with Crippen molar-refractivity contribution in [2.45, 2.75) is 51.6 Å². The van der Waals surface area contributed by atoms with Gasteiger partial charge >= 0.3 is 0 Å². The van der Waals surface area contributed by atoms with Crippen LogP contribution >= 0.6 is 24.0 Å². The Morgan fingerprint density at radius 1 is 1.41 bits per heavy atom. The highest BCUT2D eigenvalue weighted by atomic mass is 127. The van der Waals surface area contributed by atoms with Gasteiger partial charge in [-0.2, -0.15) is 0 Å². The average molecular weight is 355 g/mol. The summed E-state index contributed by atoms with van der Waals surface area (Å²) in [6.07, 6.45) is 5.01. The van der Waals surface area contributed by atoms with Crippen LogP contribution in [0.25, 0.3) is 0 Å². The Balaban J connectivity index is 0.00000256. The maximum Gasteiger partial charge on any atom is 0.188 e. The van der Waals surface area contributed by atoms with Gasteiger partial charge in [-0.1, -0.05) is 26.7 Å². The van der Waals surface area contributed by atoms with E-state index >= 15 is 0 Å². The van der Waals surface area contributed by atoms with E-state index in [1.807, 2.05) is 0 Å². The van der Waals surface area contributed by atoms with Gasteiger partial charge in [0.1, 0.15) is 0 Å². The summed E-state index contributed by atoms with van der Waals surface area (Å²) in [5, 5.41) is 13.1. The lowest BCUT2D eigenvalue weighted by Crippen LogP contribution is -2.36. The highest BCUT2D eigenvalue weighted by Crippen LogP contribution is 2.29. The first kappa shape index (κ1) is 17.0. The number of halogens is 1. The SMILES string of the molecule is CC(C)CCNC(N)=NCC1(O)CCCC1.I. The van der Waals surface area contributed by atoms with Crippen LogP contribution in [0.3, 0.4) is 0 Å². The van der Waals surface area contributed by atoms with E-state index in [0.29, 0.717) is 18.4 Å². The van der Waals surface area contributed by atoms with E-state index in [-0.39, 0.29) is 24.0 Å². The van der Waals surface area contributed by atoms with Crippen LogP contribution < -0.4 is 11.1 Å². The van der Waals surface area contributed by atoms with Gasteiger partial charge < -0.3 is 16.2 Å². The van der Waals surface area contributed by atoms with Crippen LogP contribution in [-0.2, 0) is 0 Å². The van der Waals surface area contributed by atoms with Crippen molar-refractivity contribution in [1.82, 2.24) is 5.32 Å². The van der Waals surface area contributed by atoms with E-state index in [2.05, 4.69) is 24.2 Å². The average Bonchev–Trinajstić information content (AvgIpc) is 2.62. The van der Waals surface area contributed by atoms with Gasteiger partial charge in [-0.05, 0) is 25.2 Å². The Labute approximate surface area is 121 Å². The first-order chi connectivity index (χ1) is 7.52. The van der Waals surface area contributed by atoms with Gasteiger partial charge in [0.25, 0.3) is 0 Å². The lowest BCUT2D eigenvalue weighted by Gasteiger charge is -2.19. The zero-order valence-electron chi connectivity index (χ0n) is 10.9. The van der Waals surface area contributed by atoms with Crippen LogP contribution in [0.5, 0.6) is 0 Å². The van der Waals surface area contributed by atoms with Gasteiger partial charge in [0.05, 0.1) is 12.1 Å². The summed E-state index contributed by atoms with van der Waals surface area (Å²) < 4.78 is 0. The molecular weight excluding hydrogens is 329 g/mol. The smallest absolute Gasteiger partial charge is 0.188 e. The molecule has 0 aromatic carbocycles. The Kier molecular flexibility index (Phi) is 8.11. The minimum atomic E-state index is -0.593. The molecule has 5 heteroatoms. The molecule has 4 nitrogen and oxygen atoms in total. The van der Waals surface area contributed by atoms with Crippen molar-refractivity contribution < 1.29 is 5.11 Å². The maximum atomic E-state index is 10.1. The third-order valence-corrected chi connectivity index (χ3v) is 3.11. The second-order valence-corrected chi connectivity index (χ2v) is 5.24. The summed E-state index contributed by atoms with van der Waals surface area (Å²) in [7, 11) is 0.